The molecule has 7 heteroatoms. The van der Waals surface area contributed by atoms with Gasteiger partial charge in [0.1, 0.15) is 24.6 Å². The molecule has 0 aliphatic carbocycles. The van der Waals surface area contributed by atoms with Crippen LogP contribution >= 0.6 is 0 Å². The standard InChI is InChI=1S/C13H18N5O2/c1-10-7-11(14)13(18(19)20)8-12(10)15-3-4-17-6-5-16(2)9-17/h5-9,15H,3-4,14H2,1-2H3/q+1. The van der Waals surface area contributed by atoms with Crippen LogP contribution in [0.25, 0.3) is 0 Å². The van der Waals surface area contributed by atoms with E-state index in [0.717, 1.165) is 17.8 Å². The highest BCUT2D eigenvalue weighted by atomic mass is 16.6. The first-order valence-electron chi connectivity index (χ1n) is 6.27. The molecule has 106 valence electrons. The number of aromatic nitrogens is 2. The van der Waals surface area contributed by atoms with Crippen molar-refractivity contribution in [2.24, 2.45) is 7.05 Å². The lowest BCUT2D eigenvalue weighted by Crippen LogP contribution is -2.34. The van der Waals surface area contributed by atoms with Gasteiger partial charge in [0, 0.05) is 11.8 Å². The maximum atomic E-state index is 10.9. The monoisotopic (exact) mass is 276 g/mol. The van der Waals surface area contributed by atoms with Gasteiger partial charge in [-0.1, -0.05) is 0 Å². The molecule has 0 saturated heterocycles. The van der Waals surface area contributed by atoms with Gasteiger partial charge < -0.3 is 11.1 Å². The number of rotatable bonds is 5. The number of hydrogen-bond donors (Lipinski definition) is 2. The van der Waals surface area contributed by atoms with E-state index in [0.29, 0.717) is 6.54 Å². The Hall–Kier alpha value is -2.57. The lowest BCUT2D eigenvalue weighted by Gasteiger charge is -2.09. The van der Waals surface area contributed by atoms with Crippen LogP contribution in [0.3, 0.4) is 0 Å². The van der Waals surface area contributed by atoms with Gasteiger partial charge in [0.15, 0.2) is 0 Å². The van der Waals surface area contributed by atoms with E-state index in [9.17, 15) is 10.1 Å². The van der Waals surface area contributed by atoms with Crippen molar-refractivity contribution in [3.05, 3.63) is 46.5 Å². The third-order valence-electron chi connectivity index (χ3n) is 3.08. The second-order valence-corrected chi connectivity index (χ2v) is 4.73. The minimum Gasteiger partial charge on any atom is -0.393 e. The van der Waals surface area contributed by atoms with Gasteiger partial charge in [-0.2, -0.15) is 0 Å². The Morgan fingerprint density at radius 2 is 2.25 bits per heavy atom. The van der Waals surface area contributed by atoms with Crippen molar-refractivity contribution < 1.29 is 9.49 Å². The fourth-order valence-electron chi connectivity index (χ4n) is 2.02. The number of nitrogen functional groups attached to an aromatic ring is 1. The first-order valence-corrected chi connectivity index (χ1v) is 6.27. The summed E-state index contributed by atoms with van der Waals surface area (Å²) in [4.78, 5) is 10.4. The third-order valence-corrected chi connectivity index (χ3v) is 3.08. The average molecular weight is 276 g/mol. The van der Waals surface area contributed by atoms with Crippen LogP contribution in [0, 0.1) is 17.0 Å². The predicted molar refractivity (Wildman–Crippen MR) is 76.3 cm³/mol. The molecular weight excluding hydrogens is 258 g/mol. The van der Waals surface area contributed by atoms with Gasteiger partial charge >= 0.3 is 0 Å². The summed E-state index contributed by atoms with van der Waals surface area (Å²) in [6.45, 7) is 3.33. The zero-order valence-corrected chi connectivity index (χ0v) is 11.5. The topological polar surface area (TPSA) is 90.0 Å². The molecule has 0 aliphatic heterocycles. The van der Waals surface area contributed by atoms with Crippen LogP contribution in [-0.2, 0) is 13.6 Å². The lowest BCUT2D eigenvalue weighted by atomic mass is 10.1. The molecule has 0 bridgehead atoms. The molecule has 2 rings (SSSR count). The Kier molecular flexibility index (Phi) is 3.88. The van der Waals surface area contributed by atoms with Gasteiger partial charge in [-0.25, -0.2) is 9.13 Å². The van der Waals surface area contributed by atoms with Crippen LogP contribution in [0.2, 0.25) is 0 Å². The zero-order valence-electron chi connectivity index (χ0n) is 11.5. The fourth-order valence-corrected chi connectivity index (χ4v) is 2.02. The minimum atomic E-state index is -0.466. The first kappa shape index (κ1) is 13.9. The number of nitro groups is 1. The smallest absolute Gasteiger partial charge is 0.294 e. The molecule has 0 amide bonds. The molecule has 1 aromatic carbocycles. The zero-order chi connectivity index (χ0) is 14.7. The van der Waals surface area contributed by atoms with Crippen LogP contribution in [0.1, 0.15) is 5.56 Å². The molecule has 2 aromatic rings. The number of benzene rings is 1. The second-order valence-electron chi connectivity index (χ2n) is 4.73. The minimum absolute atomic E-state index is 0.0644. The highest BCUT2D eigenvalue weighted by Gasteiger charge is 2.14. The average Bonchev–Trinajstić information content (AvgIpc) is 2.77. The van der Waals surface area contributed by atoms with E-state index in [-0.39, 0.29) is 11.4 Å². The molecule has 0 unspecified atom stereocenters. The van der Waals surface area contributed by atoms with E-state index in [1.165, 1.54) is 6.07 Å². The Balaban J connectivity index is 2.05. The first-order chi connectivity index (χ1) is 9.47. The lowest BCUT2D eigenvalue weighted by molar-refractivity contribution is -0.693. The number of nitrogens with one attached hydrogen (secondary N) is 1. The summed E-state index contributed by atoms with van der Waals surface area (Å²) < 4.78 is 3.99. The van der Waals surface area contributed by atoms with Crippen molar-refractivity contribution >= 4 is 17.1 Å². The Morgan fingerprint density at radius 3 is 2.85 bits per heavy atom. The number of anilines is 2. The number of hydrogen-bond acceptors (Lipinski definition) is 4. The largest absolute Gasteiger partial charge is 0.393 e. The molecule has 0 fully saturated rings. The quantitative estimate of drug-likeness (QED) is 0.372. The molecule has 7 nitrogen and oxygen atoms in total. The summed E-state index contributed by atoms with van der Waals surface area (Å²) in [5.41, 5.74) is 7.40. The maximum Gasteiger partial charge on any atom is 0.294 e. The normalized spacial score (nSPS) is 10.5. The number of nitro benzene ring substituents is 1. The fraction of sp³-hybridized carbons (Fsp3) is 0.308. The van der Waals surface area contributed by atoms with E-state index in [2.05, 4.69) is 5.32 Å². The molecule has 0 saturated carbocycles. The number of nitrogens with two attached hydrogens (primary N) is 1. The summed E-state index contributed by atoms with van der Waals surface area (Å²) >= 11 is 0. The van der Waals surface area contributed by atoms with Crippen LogP contribution in [0.15, 0.2) is 30.9 Å². The molecule has 0 aliphatic rings. The maximum absolute atomic E-state index is 10.9. The van der Waals surface area contributed by atoms with E-state index in [1.54, 1.807) is 6.07 Å². The summed E-state index contributed by atoms with van der Waals surface area (Å²) in [6.07, 6.45) is 5.90. The van der Waals surface area contributed by atoms with Crippen molar-refractivity contribution in [3.8, 4) is 0 Å². The second kappa shape index (κ2) is 5.60. The molecule has 1 aromatic heterocycles. The highest BCUT2D eigenvalue weighted by molar-refractivity contribution is 5.69. The Bertz CT molecular complexity index is 636. The molecule has 0 atom stereocenters. The van der Waals surface area contributed by atoms with Gasteiger partial charge in [-0.05, 0) is 18.6 Å². The summed E-state index contributed by atoms with van der Waals surface area (Å²) in [6, 6.07) is 3.11. The highest BCUT2D eigenvalue weighted by Crippen LogP contribution is 2.28. The number of aryl methyl sites for hydroxylation is 2. The predicted octanol–water partition coefficient (Wildman–Crippen LogP) is 1.22. The van der Waals surface area contributed by atoms with Crippen molar-refractivity contribution in [1.29, 1.82) is 0 Å². The van der Waals surface area contributed by atoms with E-state index < -0.39 is 4.92 Å². The Labute approximate surface area is 116 Å². The van der Waals surface area contributed by atoms with Gasteiger partial charge in [0.25, 0.3) is 5.69 Å². The molecular formula is C13H18N5O2+. The number of nitrogens with zero attached hydrogens (tertiary/aromatic N) is 3. The van der Waals surface area contributed by atoms with Crippen molar-refractivity contribution in [2.75, 3.05) is 17.6 Å². The van der Waals surface area contributed by atoms with E-state index in [1.807, 2.05) is 41.8 Å². The van der Waals surface area contributed by atoms with Crippen molar-refractivity contribution in [1.82, 2.24) is 4.57 Å². The van der Waals surface area contributed by atoms with Gasteiger partial charge in [-0.15, -0.1) is 0 Å². The molecule has 1 heterocycles. The van der Waals surface area contributed by atoms with Crippen molar-refractivity contribution in [2.45, 2.75) is 13.5 Å². The molecule has 0 radical (unpaired) electrons. The van der Waals surface area contributed by atoms with Gasteiger partial charge in [0.2, 0.25) is 6.33 Å². The summed E-state index contributed by atoms with van der Waals surface area (Å²) in [5.74, 6) is 0. The van der Waals surface area contributed by atoms with Crippen LogP contribution in [0.5, 0.6) is 0 Å². The molecule has 0 spiro atoms. The molecule has 20 heavy (non-hydrogen) atoms. The molecule has 3 N–H and O–H groups in total. The number of imidazole rings is 1. The van der Waals surface area contributed by atoms with Crippen LogP contribution in [-0.4, -0.2) is 16.0 Å². The van der Waals surface area contributed by atoms with Crippen molar-refractivity contribution in [3.63, 3.8) is 0 Å². The SMILES string of the molecule is Cc1cc(N)c([N+](=O)[O-])cc1NCC[n+]1ccn(C)c1. The van der Waals surface area contributed by atoms with Gasteiger partial charge in [0.05, 0.1) is 18.5 Å². The Morgan fingerprint density at radius 1 is 1.50 bits per heavy atom. The van der Waals surface area contributed by atoms with Crippen LogP contribution in [0.4, 0.5) is 17.1 Å². The summed E-state index contributed by atoms with van der Waals surface area (Å²) in [7, 11) is 1.96. The third kappa shape index (κ3) is 3.05. The summed E-state index contributed by atoms with van der Waals surface area (Å²) in [5, 5.41) is 14.1. The van der Waals surface area contributed by atoms with Gasteiger partial charge in [-0.3, -0.25) is 10.1 Å². The van der Waals surface area contributed by atoms with E-state index in [4.69, 9.17) is 5.73 Å². The van der Waals surface area contributed by atoms with E-state index >= 15 is 0 Å². The van der Waals surface area contributed by atoms with Crippen LogP contribution < -0.4 is 15.6 Å².